The Bertz CT molecular complexity index is 2330. The Hall–Kier alpha value is -4.42. The number of rotatable bonds is 8. The van der Waals surface area contributed by atoms with E-state index in [1.807, 2.05) is 25.1 Å². The number of amides is 2. The summed E-state index contributed by atoms with van der Waals surface area (Å²) in [6.45, 7) is 7.04. The Morgan fingerprint density at radius 3 is 2.44 bits per heavy atom. The Labute approximate surface area is 317 Å². The van der Waals surface area contributed by atoms with Gasteiger partial charge in [0.25, 0.3) is 11.8 Å². The second-order valence-corrected chi connectivity index (χ2v) is 18.6. The van der Waals surface area contributed by atoms with E-state index in [0.717, 1.165) is 108 Å². The zero-order chi connectivity index (χ0) is 37.5. The van der Waals surface area contributed by atoms with E-state index in [1.165, 1.54) is 12.0 Å². The van der Waals surface area contributed by atoms with Crippen molar-refractivity contribution in [3.63, 3.8) is 0 Å². The van der Waals surface area contributed by atoms with Crippen LogP contribution in [0, 0.1) is 6.92 Å². The maximum absolute atomic E-state index is 14.7. The van der Waals surface area contributed by atoms with Crippen molar-refractivity contribution in [3.05, 3.63) is 70.0 Å². The highest BCUT2D eigenvalue weighted by Gasteiger charge is 2.43. The fraction of sp³-hybridized carbons (Fsp3) is 0.500. The summed E-state index contributed by atoms with van der Waals surface area (Å²) in [6, 6.07) is 12.6. The zero-order valence-corrected chi connectivity index (χ0v) is 32.5. The Morgan fingerprint density at radius 1 is 0.981 bits per heavy atom. The maximum atomic E-state index is 14.7. The summed E-state index contributed by atoms with van der Waals surface area (Å²) in [5, 5.41) is 9.00. The van der Waals surface area contributed by atoms with Gasteiger partial charge in [-0.25, -0.2) is 13.1 Å². The lowest BCUT2D eigenvalue weighted by Crippen LogP contribution is -2.46. The molecule has 12 heteroatoms. The number of benzene rings is 2. The van der Waals surface area contributed by atoms with E-state index >= 15 is 0 Å². The van der Waals surface area contributed by atoms with Crippen molar-refractivity contribution in [2.45, 2.75) is 114 Å². The number of hydrogen-bond donors (Lipinski definition) is 2. The van der Waals surface area contributed by atoms with Gasteiger partial charge in [0.15, 0.2) is 0 Å². The van der Waals surface area contributed by atoms with Crippen molar-refractivity contribution >= 4 is 44.4 Å². The number of methoxy groups -OCH3 is 1. The second-order valence-electron chi connectivity index (χ2n) is 16.4. The summed E-state index contributed by atoms with van der Waals surface area (Å²) >= 11 is 0. The third-order valence-electron chi connectivity index (χ3n) is 12.7. The molecule has 11 nitrogen and oxygen atoms in total. The van der Waals surface area contributed by atoms with E-state index in [1.54, 1.807) is 27.0 Å². The van der Waals surface area contributed by atoms with Gasteiger partial charge in [-0.3, -0.25) is 14.3 Å². The molecule has 0 spiro atoms. The number of nitrogens with zero attached hydrogens (tertiary/aromatic N) is 4. The maximum Gasteiger partial charge on any atom is 0.264 e. The molecular formula is C42H50N6O5S. The van der Waals surface area contributed by atoms with E-state index in [9.17, 15) is 18.0 Å². The van der Waals surface area contributed by atoms with Crippen LogP contribution in [0.15, 0.2) is 36.4 Å². The number of nitrogens with one attached hydrogen (secondary N) is 2. The molecule has 2 bridgehead atoms. The van der Waals surface area contributed by atoms with Crippen LogP contribution in [0.3, 0.4) is 0 Å². The van der Waals surface area contributed by atoms with Crippen molar-refractivity contribution in [1.82, 2.24) is 29.3 Å². The summed E-state index contributed by atoms with van der Waals surface area (Å²) < 4.78 is 38.1. The van der Waals surface area contributed by atoms with Crippen LogP contribution in [0.2, 0.25) is 0 Å². The van der Waals surface area contributed by atoms with Gasteiger partial charge in [-0.15, -0.1) is 0 Å². The average Bonchev–Trinajstić information content (AvgIpc) is 3.90. The molecule has 2 saturated heterocycles. The van der Waals surface area contributed by atoms with Crippen molar-refractivity contribution < 1.29 is 22.7 Å². The SMILES string of the molecule is COc1ccc2c(c1)C=C(c1c(C(=O)N3C[C@H]4C[C@@H]3CN4)c(C)nn1C1CCC1)Cn1c-2c(C2CCCCC2)c2ccc(C(=O)NS(=O)(=O)C(C)C)cc21. The van der Waals surface area contributed by atoms with Crippen LogP contribution in [-0.2, 0) is 16.6 Å². The Balaban J connectivity index is 1.27. The van der Waals surface area contributed by atoms with Crippen molar-refractivity contribution in [2.75, 3.05) is 20.2 Å². The summed E-state index contributed by atoms with van der Waals surface area (Å²) in [5.74, 6) is 0.479. The molecule has 4 aromatic rings. The van der Waals surface area contributed by atoms with Gasteiger partial charge in [-0.2, -0.15) is 5.10 Å². The number of carbonyl (C=O) groups is 2. The first kappa shape index (κ1) is 35.3. The minimum Gasteiger partial charge on any atom is -0.497 e. The van der Waals surface area contributed by atoms with Crippen LogP contribution in [0.25, 0.3) is 33.8 Å². The normalized spacial score (nSPS) is 21.5. The van der Waals surface area contributed by atoms with E-state index < -0.39 is 21.2 Å². The number of carbonyl (C=O) groups excluding carboxylic acids is 2. The number of aryl methyl sites for hydroxylation is 1. The van der Waals surface area contributed by atoms with Crippen LogP contribution in [0.5, 0.6) is 5.75 Å². The topological polar surface area (TPSA) is 128 Å². The highest BCUT2D eigenvalue weighted by molar-refractivity contribution is 7.90. The van der Waals surface area contributed by atoms with Crippen LogP contribution in [-0.4, -0.2) is 77.0 Å². The lowest BCUT2D eigenvalue weighted by molar-refractivity contribution is 0.0714. The first-order valence-corrected chi connectivity index (χ1v) is 21.3. The molecule has 284 valence electrons. The molecule has 0 radical (unpaired) electrons. The van der Waals surface area contributed by atoms with Crippen molar-refractivity contribution in [2.24, 2.45) is 0 Å². The third-order valence-corrected chi connectivity index (χ3v) is 14.5. The molecule has 54 heavy (non-hydrogen) atoms. The largest absolute Gasteiger partial charge is 0.497 e. The zero-order valence-electron chi connectivity index (χ0n) is 31.7. The molecular weight excluding hydrogens is 701 g/mol. The van der Waals surface area contributed by atoms with Gasteiger partial charge in [-0.05, 0) is 118 Å². The predicted molar refractivity (Wildman–Crippen MR) is 210 cm³/mol. The monoisotopic (exact) mass is 750 g/mol. The molecule has 4 fully saturated rings. The van der Waals surface area contributed by atoms with Crippen LogP contribution < -0.4 is 14.8 Å². The molecule has 3 aliphatic heterocycles. The van der Waals surface area contributed by atoms with Crippen LogP contribution >= 0.6 is 0 Å². The minimum absolute atomic E-state index is 0.0453. The number of aromatic nitrogens is 3. The van der Waals surface area contributed by atoms with Gasteiger partial charge < -0.3 is 19.5 Å². The minimum atomic E-state index is -3.83. The lowest BCUT2D eigenvalue weighted by Gasteiger charge is -2.30. The molecule has 2 atom stereocenters. The number of fused-ring (bicyclic) bond motifs is 7. The molecule has 0 unspecified atom stereocenters. The number of piperazine rings is 1. The Morgan fingerprint density at radius 2 is 1.78 bits per heavy atom. The summed E-state index contributed by atoms with van der Waals surface area (Å²) in [5.41, 5.74) is 8.89. The van der Waals surface area contributed by atoms with Gasteiger partial charge in [0, 0.05) is 47.2 Å². The molecule has 5 heterocycles. The van der Waals surface area contributed by atoms with Crippen LogP contribution in [0.1, 0.15) is 127 Å². The van der Waals surface area contributed by atoms with Crippen molar-refractivity contribution in [3.8, 4) is 17.0 Å². The molecule has 2 N–H and O–H groups in total. The van der Waals surface area contributed by atoms with Crippen molar-refractivity contribution in [1.29, 1.82) is 0 Å². The molecule has 2 aliphatic carbocycles. The third kappa shape index (κ3) is 5.79. The second kappa shape index (κ2) is 13.4. The van der Waals surface area contributed by atoms with E-state index in [0.29, 0.717) is 30.6 Å². The molecule has 9 rings (SSSR count). The van der Waals surface area contributed by atoms with Gasteiger partial charge in [0.2, 0.25) is 10.0 Å². The highest BCUT2D eigenvalue weighted by Crippen LogP contribution is 2.49. The molecule has 5 aliphatic rings. The summed E-state index contributed by atoms with van der Waals surface area (Å²) in [6.07, 6.45) is 12.0. The molecule has 2 amide bonds. The lowest BCUT2D eigenvalue weighted by atomic mass is 9.81. The van der Waals surface area contributed by atoms with E-state index in [2.05, 4.69) is 42.4 Å². The predicted octanol–water partition coefficient (Wildman–Crippen LogP) is 6.80. The fourth-order valence-electron chi connectivity index (χ4n) is 9.59. The number of sulfonamides is 1. The van der Waals surface area contributed by atoms with Gasteiger partial charge >= 0.3 is 0 Å². The fourth-order valence-corrected chi connectivity index (χ4v) is 10.2. The van der Waals surface area contributed by atoms with E-state index in [-0.39, 0.29) is 23.6 Å². The number of ether oxygens (including phenoxy) is 1. The number of hydrogen-bond acceptors (Lipinski definition) is 7. The smallest absolute Gasteiger partial charge is 0.264 e. The van der Waals surface area contributed by atoms with E-state index in [4.69, 9.17) is 9.84 Å². The summed E-state index contributed by atoms with van der Waals surface area (Å²) in [7, 11) is -2.15. The van der Waals surface area contributed by atoms with Gasteiger partial charge in [0.1, 0.15) is 5.75 Å². The van der Waals surface area contributed by atoms with Gasteiger partial charge in [-0.1, -0.05) is 25.3 Å². The molecule has 2 aromatic heterocycles. The number of allylic oxidation sites excluding steroid dienone is 1. The molecule has 2 aromatic carbocycles. The number of likely N-dealkylation sites (tertiary alicyclic amines) is 1. The quantitative estimate of drug-likeness (QED) is 0.203. The first-order valence-electron chi connectivity index (χ1n) is 19.8. The first-order chi connectivity index (χ1) is 26.0. The molecule has 2 saturated carbocycles. The van der Waals surface area contributed by atoms with Gasteiger partial charge in [0.05, 0.1) is 47.6 Å². The summed E-state index contributed by atoms with van der Waals surface area (Å²) in [4.78, 5) is 30.4. The standard InChI is InChI=1S/C42H50N6O5S/c1-24(2)54(51,52)45-41(49)27-13-15-35-36(19-27)47-22-29(17-28-18-33(53-4)14-16-34(28)40(47)38(35)26-9-6-5-7-10-26)39-37(25(3)44-48(39)31-11-8-12-31)42(50)46-23-30-20-32(46)21-43-30/h13-19,24,26,30-32,43H,5-12,20-23H2,1-4H3,(H,45,49)/t30-,32-/m1/s1. The van der Waals surface area contributed by atoms with Crippen LogP contribution in [0.4, 0.5) is 0 Å². The Kier molecular flexibility index (Phi) is 8.76. The average molecular weight is 751 g/mol. The highest BCUT2D eigenvalue weighted by atomic mass is 32.2.